The van der Waals surface area contributed by atoms with Gasteiger partial charge in [-0.1, -0.05) is 36.2 Å². The lowest BCUT2D eigenvalue weighted by Crippen LogP contribution is -2.51. The fourth-order valence-corrected chi connectivity index (χ4v) is 3.57. The Hall–Kier alpha value is -1.51. The summed E-state index contributed by atoms with van der Waals surface area (Å²) < 4.78 is 6.74. The Labute approximate surface area is 201 Å². The van der Waals surface area contributed by atoms with Gasteiger partial charge in [0.15, 0.2) is 6.61 Å². The van der Waals surface area contributed by atoms with Gasteiger partial charge in [0.05, 0.1) is 10.0 Å². The van der Waals surface area contributed by atoms with Gasteiger partial charge in [0.2, 0.25) is 5.91 Å². The van der Waals surface area contributed by atoms with Crippen molar-refractivity contribution in [2.75, 3.05) is 6.61 Å². The van der Waals surface area contributed by atoms with E-state index in [9.17, 15) is 9.59 Å². The van der Waals surface area contributed by atoms with Gasteiger partial charge in [0.1, 0.15) is 11.8 Å². The second-order valence-corrected chi connectivity index (χ2v) is 9.16. The molecule has 0 radical (unpaired) electrons. The van der Waals surface area contributed by atoms with Crippen molar-refractivity contribution in [3.63, 3.8) is 0 Å². The van der Waals surface area contributed by atoms with Gasteiger partial charge in [-0.25, -0.2) is 0 Å². The largest absolute Gasteiger partial charge is 0.484 e. The van der Waals surface area contributed by atoms with E-state index in [1.54, 1.807) is 30.3 Å². The van der Waals surface area contributed by atoms with Crippen LogP contribution in [0.15, 0.2) is 42.5 Å². The highest BCUT2D eigenvalue weighted by Gasteiger charge is 2.29. The number of carbonyl (C=O) groups excluding carboxylic acids is 2. The maximum atomic E-state index is 13.1. The van der Waals surface area contributed by atoms with Crippen molar-refractivity contribution in [3.8, 4) is 5.75 Å². The smallest absolute Gasteiger partial charge is 0.261 e. The van der Waals surface area contributed by atoms with Gasteiger partial charge in [-0.2, -0.15) is 0 Å². The van der Waals surface area contributed by atoms with Gasteiger partial charge in [-0.3, -0.25) is 9.59 Å². The van der Waals surface area contributed by atoms with Crippen molar-refractivity contribution in [2.45, 2.75) is 45.8 Å². The Kier molecular flexibility index (Phi) is 9.71. The average molecular weight is 563 g/mol. The molecule has 30 heavy (non-hydrogen) atoms. The zero-order valence-corrected chi connectivity index (χ0v) is 20.8. The summed E-state index contributed by atoms with van der Waals surface area (Å²) in [5.74, 6) is 0.110. The van der Waals surface area contributed by atoms with E-state index in [2.05, 4.69) is 27.9 Å². The average Bonchev–Trinajstić information content (AvgIpc) is 2.69. The molecular formula is C22H25Cl2IN2O3. The van der Waals surface area contributed by atoms with E-state index in [-0.39, 0.29) is 31.0 Å². The molecule has 0 bridgehead atoms. The molecule has 0 saturated heterocycles. The van der Waals surface area contributed by atoms with E-state index >= 15 is 0 Å². The molecule has 162 valence electrons. The fraction of sp³-hybridized carbons (Fsp3) is 0.364. The summed E-state index contributed by atoms with van der Waals surface area (Å²) in [6, 6.07) is 11.9. The van der Waals surface area contributed by atoms with Gasteiger partial charge in [0, 0.05) is 16.2 Å². The predicted molar refractivity (Wildman–Crippen MR) is 129 cm³/mol. The van der Waals surface area contributed by atoms with Crippen LogP contribution in [-0.2, 0) is 16.1 Å². The second kappa shape index (κ2) is 11.8. The summed E-state index contributed by atoms with van der Waals surface area (Å²) in [5.41, 5.74) is 0.780. The molecule has 0 aromatic heterocycles. The lowest BCUT2D eigenvalue weighted by Gasteiger charge is -2.31. The van der Waals surface area contributed by atoms with Crippen LogP contribution < -0.4 is 10.1 Å². The number of nitrogens with one attached hydrogen (secondary N) is 1. The van der Waals surface area contributed by atoms with Crippen molar-refractivity contribution >= 4 is 57.6 Å². The minimum atomic E-state index is -0.630. The Balaban J connectivity index is 2.23. The first kappa shape index (κ1) is 24.8. The molecule has 1 N–H and O–H groups in total. The molecule has 0 unspecified atom stereocenters. The van der Waals surface area contributed by atoms with Crippen molar-refractivity contribution < 1.29 is 14.3 Å². The van der Waals surface area contributed by atoms with Crippen molar-refractivity contribution in [1.82, 2.24) is 10.2 Å². The first-order valence-electron chi connectivity index (χ1n) is 9.63. The van der Waals surface area contributed by atoms with Crippen LogP contribution in [0.5, 0.6) is 5.75 Å². The first-order valence-corrected chi connectivity index (χ1v) is 11.5. The Bertz CT molecular complexity index is 875. The first-order chi connectivity index (χ1) is 14.2. The molecule has 0 spiro atoms. The van der Waals surface area contributed by atoms with Gasteiger partial charge in [0.25, 0.3) is 5.91 Å². The van der Waals surface area contributed by atoms with E-state index in [0.29, 0.717) is 22.2 Å². The maximum Gasteiger partial charge on any atom is 0.261 e. The molecule has 0 aliphatic carbocycles. The standard InChI is InChI=1S/C22H25Cl2IN2O3/c1-4-20(22(29)26-14(2)3)27(12-15-5-10-18(23)19(24)11-15)21(28)13-30-17-8-6-16(25)7-9-17/h5-11,14,20H,4,12-13H2,1-3H3,(H,26,29)/t20-/m1/s1. The predicted octanol–water partition coefficient (Wildman–Crippen LogP) is 5.31. The lowest BCUT2D eigenvalue weighted by molar-refractivity contribution is -0.143. The quantitative estimate of drug-likeness (QED) is 0.421. The van der Waals surface area contributed by atoms with Crippen LogP contribution in [0, 0.1) is 3.57 Å². The number of halogens is 3. The summed E-state index contributed by atoms with van der Waals surface area (Å²) in [6.07, 6.45) is 0.467. The third-order valence-corrected chi connectivity index (χ3v) is 5.79. The SMILES string of the molecule is CC[C@H](C(=O)NC(C)C)N(Cc1ccc(Cl)c(Cl)c1)C(=O)COc1ccc(I)cc1. The van der Waals surface area contributed by atoms with Crippen LogP contribution in [0.1, 0.15) is 32.8 Å². The number of hydrogen-bond donors (Lipinski definition) is 1. The summed E-state index contributed by atoms with van der Waals surface area (Å²) in [6.45, 7) is 5.69. The highest BCUT2D eigenvalue weighted by Crippen LogP contribution is 2.24. The number of nitrogens with zero attached hydrogens (tertiary/aromatic N) is 1. The van der Waals surface area contributed by atoms with Crippen LogP contribution in [0.4, 0.5) is 0 Å². The Morgan fingerprint density at radius 2 is 1.77 bits per heavy atom. The molecule has 0 heterocycles. The molecule has 0 fully saturated rings. The summed E-state index contributed by atoms with van der Waals surface area (Å²) >= 11 is 14.3. The highest BCUT2D eigenvalue weighted by atomic mass is 127. The number of hydrogen-bond acceptors (Lipinski definition) is 3. The van der Waals surface area contributed by atoms with E-state index < -0.39 is 6.04 Å². The molecule has 0 saturated carbocycles. The van der Waals surface area contributed by atoms with Crippen LogP contribution >= 0.6 is 45.8 Å². The maximum absolute atomic E-state index is 13.1. The number of ether oxygens (including phenoxy) is 1. The molecular weight excluding hydrogens is 538 g/mol. The third-order valence-electron chi connectivity index (χ3n) is 4.33. The lowest BCUT2D eigenvalue weighted by atomic mass is 10.1. The summed E-state index contributed by atoms with van der Waals surface area (Å²) in [7, 11) is 0. The minimum absolute atomic E-state index is 0.0310. The van der Waals surface area contributed by atoms with Gasteiger partial charge < -0.3 is 15.0 Å². The summed E-state index contributed by atoms with van der Waals surface area (Å²) in [4.78, 5) is 27.4. The van der Waals surface area contributed by atoms with Crippen LogP contribution in [0.3, 0.4) is 0 Å². The number of rotatable bonds is 9. The molecule has 2 aromatic rings. The zero-order chi connectivity index (χ0) is 22.3. The Morgan fingerprint density at radius 3 is 2.33 bits per heavy atom. The summed E-state index contributed by atoms with van der Waals surface area (Å²) in [5, 5.41) is 3.73. The molecule has 2 amide bonds. The molecule has 2 rings (SSSR count). The number of amides is 2. The molecule has 2 aromatic carbocycles. The van der Waals surface area contributed by atoms with Gasteiger partial charge in [-0.05, 0) is 84.8 Å². The van der Waals surface area contributed by atoms with E-state index in [4.69, 9.17) is 27.9 Å². The second-order valence-electron chi connectivity index (χ2n) is 7.10. The van der Waals surface area contributed by atoms with Crippen molar-refractivity contribution in [2.24, 2.45) is 0 Å². The zero-order valence-electron chi connectivity index (χ0n) is 17.1. The number of carbonyl (C=O) groups is 2. The van der Waals surface area contributed by atoms with E-state index in [1.165, 1.54) is 4.90 Å². The molecule has 8 heteroatoms. The fourth-order valence-electron chi connectivity index (χ4n) is 2.89. The normalized spacial score (nSPS) is 11.8. The monoisotopic (exact) mass is 562 g/mol. The van der Waals surface area contributed by atoms with Gasteiger partial charge in [-0.15, -0.1) is 0 Å². The van der Waals surface area contributed by atoms with Crippen LogP contribution in [0.25, 0.3) is 0 Å². The molecule has 1 atom stereocenters. The van der Waals surface area contributed by atoms with Crippen LogP contribution in [0.2, 0.25) is 10.0 Å². The van der Waals surface area contributed by atoms with Crippen molar-refractivity contribution in [1.29, 1.82) is 0 Å². The van der Waals surface area contributed by atoms with E-state index in [0.717, 1.165) is 9.13 Å². The molecule has 0 aliphatic rings. The topological polar surface area (TPSA) is 58.6 Å². The minimum Gasteiger partial charge on any atom is -0.484 e. The number of benzene rings is 2. The van der Waals surface area contributed by atoms with E-state index in [1.807, 2.05) is 32.9 Å². The highest BCUT2D eigenvalue weighted by molar-refractivity contribution is 14.1. The third kappa shape index (κ3) is 7.32. The molecule has 5 nitrogen and oxygen atoms in total. The van der Waals surface area contributed by atoms with Crippen molar-refractivity contribution in [3.05, 3.63) is 61.6 Å². The Morgan fingerprint density at radius 1 is 1.10 bits per heavy atom. The van der Waals surface area contributed by atoms with Gasteiger partial charge >= 0.3 is 0 Å². The van der Waals surface area contributed by atoms with Crippen LogP contribution in [-0.4, -0.2) is 35.4 Å². The molecule has 0 aliphatic heterocycles.